The van der Waals surface area contributed by atoms with Crippen LogP contribution in [0.1, 0.15) is 24.9 Å². The first-order valence-electron chi connectivity index (χ1n) is 5.69. The van der Waals surface area contributed by atoms with Crippen LogP contribution in [0.2, 0.25) is 0 Å². The molecule has 1 unspecified atom stereocenters. The van der Waals surface area contributed by atoms with Crippen molar-refractivity contribution < 1.29 is 44.3 Å². The molecular weight excluding hydrogens is 255 g/mol. The van der Waals surface area contributed by atoms with Gasteiger partial charge in [-0.1, -0.05) is 25.1 Å². The number of hydrogen-bond donors (Lipinski definition) is 2. The van der Waals surface area contributed by atoms with Gasteiger partial charge in [-0.25, -0.2) is 0 Å². The summed E-state index contributed by atoms with van der Waals surface area (Å²) in [6.45, 7) is 1.66. The molecule has 1 atom stereocenters. The van der Waals surface area contributed by atoms with Gasteiger partial charge in [0.25, 0.3) is 0 Å². The number of amides is 1. The zero-order valence-corrected chi connectivity index (χ0v) is 12.9. The Morgan fingerprint density at radius 2 is 2.05 bits per heavy atom. The standard InChI is InChI=1S/C13H14N2O3.Na/c1-2-11(16)15-12(13(17)18)9-7-14-10-6-4-3-5-8(9)10;/h3-7,12,14H,2H2,1H3,(H,15,16)(H,17,18);/q;+1/p-1. The zero-order valence-electron chi connectivity index (χ0n) is 10.9. The summed E-state index contributed by atoms with van der Waals surface area (Å²) in [4.78, 5) is 25.5. The zero-order chi connectivity index (χ0) is 13.1. The number of carbonyl (C=O) groups excluding carboxylic acids is 2. The second kappa shape index (κ2) is 6.75. The second-order valence-corrected chi connectivity index (χ2v) is 3.96. The maximum atomic E-state index is 11.3. The van der Waals surface area contributed by atoms with E-state index in [1.54, 1.807) is 19.2 Å². The van der Waals surface area contributed by atoms with Crippen molar-refractivity contribution in [2.45, 2.75) is 19.4 Å². The number of nitrogens with one attached hydrogen (secondary N) is 2. The predicted molar refractivity (Wildman–Crippen MR) is 64.5 cm³/mol. The summed E-state index contributed by atoms with van der Waals surface area (Å²) in [5.74, 6) is -1.64. The Kier molecular flexibility index (Phi) is 5.60. The smallest absolute Gasteiger partial charge is 0.548 e. The van der Waals surface area contributed by atoms with Crippen molar-refractivity contribution in [3.63, 3.8) is 0 Å². The van der Waals surface area contributed by atoms with E-state index < -0.39 is 12.0 Å². The van der Waals surface area contributed by atoms with Gasteiger partial charge in [0.15, 0.2) is 0 Å². The van der Waals surface area contributed by atoms with Crippen LogP contribution in [0.25, 0.3) is 10.9 Å². The third-order valence-corrected chi connectivity index (χ3v) is 2.79. The number of aromatic amines is 1. The summed E-state index contributed by atoms with van der Waals surface area (Å²) in [6.07, 6.45) is 1.81. The SMILES string of the molecule is CCC(=O)NC(C(=O)[O-])c1c[nH]c2ccccc12.[Na+]. The normalized spacial score (nSPS) is 11.6. The van der Waals surface area contributed by atoms with E-state index in [0.29, 0.717) is 5.56 Å². The monoisotopic (exact) mass is 268 g/mol. The second-order valence-electron chi connectivity index (χ2n) is 3.96. The molecule has 0 fully saturated rings. The fourth-order valence-electron chi connectivity index (χ4n) is 1.86. The van der Waals surface area contributed by atoms with Gasteiger partial charge >= 0.3 is 29.6 Å². The van der Waals surface area contributed by atoms with Gasteiger partial charge in [-0.2, -0.15) is 0 Å². The molecule has 0 bridgehead atoms. The number of carbonyl (C=O) groups is 2. The molecule has 1 heterocycles. The minimum atomic E-state index is -1.32. The molecule has 1 amide bonds. The Morgan fingerprint density at radius 1 is 1.37 bits per heavy atom. The van der Waals surface area contributed by atoms with E-state index in [1.165, 1.54) is 0 Å². The Labute approximate surface area is 132 Å². The first-order chi connectivity index (χ1) is 8.63. The summed E-state index contributed by atoms with van der Waals surface area (Å²) in [7, 11) is 0. The molecule has 0 aliphatic rings. The number of aliphatic carboxylic acids is 1. The number of hydrogen-bond acceptors (Lipinski definition) is 3. The van der Waals surface area contributed by atoms with Crippen LogP contribution in [0.15, 0.2) is 30.5 Å². The average molecular weight is 268 g/mol. The van der Waals surface area contributed by atoms with E-state index in [9.17, 15) is 14.7 Å². The van der Waals surface area contributed by atoms with E-state index in [-0.39, 0.29) is 41.9 Å². The Morgan fingerprint density at radius 3 is 2.68 bits per heavy atom. The predicted octanol–water partition coefficient (Wildman–Crippen LogP) is -2.51. The molecule has 1 aromatic carbocycles. The van der Waals surface area contributed by atoms with Gasteiger partial charge in [0.2, 0.25) is 5.91 Å². The van der Waals surface area contributed by atoms with Crippen LogP contribution in [0.3, 0.4) is 0 Å². The van der Waals surface area contributed by atoms with Crippen LogP contribution in [0, 0.1) is 0 Å². The molecule has 2 aromatic rings. The van der Waals surface area contributed by atoms with Gasteiger partial charge < -0.3 is 20.2 Å². The average Bonchev–Trinajstić information content (AvgIpc) is 2.79. The van der Waals surface area contributed by atoms with Crippen molar-refractivity contribution in [1.29, 1.82) is 0 Å². The van der Waals surface area contributed by atoms with Crippen molar-refractivity contribution in [2.75, 3.05) is 0 Å². The Hall–Kier alpha value is -1.30. The van der Waals surface area contributed by atoms with Gasteiger partial charge in [-0.15, -0.1) is 0 Å². The van der Waals surface area contributed by atoms with E-state index in [2.05, 4.69) is 10.3 Å². The molecule has 0 aliphatic carbocycles. The topological polar surface area (TPSA) is 85.0 Å². The number of benzene rings is 1. The summed E-state index contributed by atoms with van der Waals surface area (Å²) in [5.41, 5.74) is 1.33. The van der Waals surface area contributed by atoms with Gasteiger partial charge in [0.1, 0.15) is 0 Å². The third kappa shape index (κ3) is 3.37. The summed E-state index contributed by atoms with van der Waals surface area (Å²) < 4.78 is 0. The molecule has 0 radical (unpaired) electrons. The Balaban J connectivity index is 0.00000180. The maximum absolute atomic E-state index is 11.3. The number of fused-ring (bicyclic) bond motifs is 1. The van der Waals surface area contributed by atoms with E-state index in [0.717, 1.165) is 10.9 Å². The summed E-state index contributed by atoms with van der Waals surface area (Å²) in [5, 5.41) is 14.4. The van der Waals surface area contributed by atoms with Crippen molar-refractivity contribution in [3.8, 4) is 0 Å². The molecule has 0 aliphatic heterocycles. The quantitative estimate of drug-likeness (QED) is 0.601. The number of aromatic nitrogens is 1. The molecule has 94 valence electrons. The van der Waals surface area contributed by atoms with Crippen LogP contribution in [0.5, 0.6) is 0 Å². The van der Waals surface area contributed by atoms with Crippen molar-refractivity contribution in [2.24, 2.45) is 0 Å². The van der Waals surface area contributed by atoms with Crippen molar-refractivity contribution >= 4 is 22.8 Å². The van der Waals surface area contributed by atoms with E-state index in [4.69, 9.17) is 0 Å². The molecule has 19 heavy (non-hydrogen) atoms. The molecule has 5 nitrogen and oxygen atoms in total. The fraction of sp³-hybridized carbons (Fsp3) is 0.231. The van der Waals surface area contributed by atoms with E-state index >= 15 is 0 Å². The van der Waals surface area contributed by atoms with Crippen LogP contribution >= 0.6 is 0 Å². The minimum Gasteiger partial charge on any atom is -0.548 e. The van der Waals surface area contributed by atoms with Crippen molar-refractivity contribution in [3.05, 3.63) is 36.0 Å². The number of rotatable bonds is 4. The molecule has 2 N–H and O–H groups in total. The largest absolute Gasteiger partial charge is 1.00 e. The number of carboxylic acid groups (broad SMARTS) is 1. The van der Waals surface area contributed by atoms with Crippen LogP contribution < -0.4 is 40.0 Å². The first kappa shape index (κ1) is 15.8. The summed E-state index contributed by atoms with van der Waals surface area (Å²) >= 11 is 0. The molecule has 0 saturated carbocycles. The maximum Gasteiger partial charge on any atom is 1.00 e. The minimum absolute atomic E-state index is 0. The fourth-order valence-corrected chi connectivity index (χ4v) is 1.86. The van der Waals surface area contributed by atoms with Crippen LogP contribution in [-0.2, 0) is 9.59 Å². The molecule has 0 saturated heterocycles. The molecule has 6 heteroatoms. The van der Waals surface area contributed by atoms with Gasteiger partial charge in [-0.3, -0.25) is 4.79 Å². The third-order valence-electron chi connectivity index (χ3n) is 2.79. The molecule has 2 rings (SSSR count). The van der Waals surface area contributed by atoms with Gasteiger partial charge in [-0.05, 0) is 6.07 Å². The molecular formula is C13H13N2NaO3. The number of carboxylic acids is 1. The van der Waals surface area contributed by atoms with Gasteiger partial charge in [0.05, 0.1) is 12.0 Å². The van der Waals surface area contributed by atoms with Crippen molar-refractivity contribution in [1.82, 2.24) is 10.3 Å². The number of H-pyrrole nitrogens is 1. The van der Waals surface area contributed by atoms with Crippen LogP contribution in [0.4, 0.5) is 0 Å². The Bertz CT molecular complexity index is 594. The molecule has 1 aromatic heterocycles. The van der Waals surface area contributed by atoms with Gasteiger partial charge in [0, 0.05) is 29.1 Å². The summed E-state index contributed by atoms with van der Waals surface area (Å²) in [6, 6.07) is 6.17. The van der Waals surface area contributed by atoms with E-state index in [1.807, 2.05) is 18.2 Å². The van der Waals surface area contributed by atoms with Crippen LogP contribution in [-0.4, -0.2) is 16.9 Å². The molecule has 0 spiro atoms. The first-order valence-corrected chi connectivity index (χ1v) is 5.69. The number of para-hydroxylation sites is 1.